The molecule has 0 rings (SSSR count). The molecule has 1 amide bonds. The first kappa shape index (κ1) is 12.0. The summed E-state index contributed by atoms with van der Waals surface area (Å²) in [5, 5.41) is 8.41. The van der Waals surface area contributed by atoms with Crippen LogP contribution in [0.5, 0.6) is 0 Å². The van der Waals surface area contributed by atoms with Gasteiger partial charge in [-0.25, -0.2) is 0 Å². The summed E-state index contributed by atoms with van der Waals surface area (Å²) in [7, 11) is 0. The molecule has 0 radical (unpaired) electrons. The van der Waals surface area contributed by atoms with Gasteiger partial charge in [0.15, 0.2) is 0 Å². The van der Waals surface area contributed by atoms with E-state index >= 15 is 0 Å². The van der Waals surface area contributed by atoms with Gasteiger partial charge in [-0.1, -0.05) is 13.8 Å². The minimum Gasteiger partial charge on any atom is -0.339 e. The van der Waals surface area contributed by atoms with Gasteiger partial charge in [0.2, 0.25) is 5.91 Å². The van der Waals surface area contributed by atoms with Gasteiger partial charge in [-0.3, -0.25) is 4.79 Å². The predicted molar refractivity (Wildman–Crippen MR) is 52.0 cm³/mol. The Morgan fingerprint density at radius 2 is 2.15 bits per heavy atom. The molecule has 0 saturated carbocycles. The second-order valence-corrected chi connectivity index (χ2v) is 3.18. The Hall–Kier alpha value is -1.04. The Bertz CT molecular complexity index is 196. The summed E-state index contributed by atoms with van der Waals surface area (Å²) in [4.78, 5) is 13.2. The number of nitriles is 1. The van der Waals surface area contributed by atoms with Crippen molar-refractivity contribution in [2.45, 2.75) is 46.1 Å². The topological polar surface area (TPSA) is 44.1 Å². The molecular formula is C10H18N2O. The minimum atomic E-state index is -0.0429. The summed E-state index contributed by atoms with van der Waals surface area (Å²) >= 11 is 0. The number of hydrogen-bond donors (Lipinski definition) is 0. The largest absolute Gasteiger partial charge is 0.339 e. The highest BCUT2D eigenvalue weighted by molar-refractivity contribution is 5.78. The Balaban J connectivity index is 4.24. The fourth-order valence-electron chi connectivity index (χ4n) is 1.22. The summed E-state index contributed by atoms with van der Waals surface area (Å²) in [5.74, 6) is -0.0429. The number of rotatable bonds is 5. The molecule has 0 bridgehead atoms. The van der Waals surface area contributed by atoms with Crippen LogP contribution in [0.4, 0.5) is 0 Å². The molecule has 3 nitrogen and oxygen atoms in total. The molecule has 1 unspecified atom stereocenters. The van der Waals surface area contributed by atoms with Crippen molar-refractivity contribution in [3.63, 3.8) is 0 Å². The van der Waals surface area contributed by atoms with Gasteiger partial charge in [0.05, 0.1) is 6.07 Å². The van der Waals surface area contributed by atoms with E-state index in [4.69, 9.17) is 5.26 Å². The molecule has 0 fully saturated rings. The van der Waals surface area contributed by atoms with Gasteiger partial charge in [0, 0.05) is 12.6 Å². The molecular weight excluding hydrogens is 164 g/mol. The fourth-order valence-corrected chi connectivity index (χ4v) is 1.22. The van der Waals surface area contributed by atoms with Crippen molar-refractivity contribution in [3.05, 3.63) is 0 Å². The van der Waals surface area contributed by atoms with Crippen LogP contribution in [-0.4, -0.2) is 23.4 Å². The SMILES string of the molecule is CCCN(C(=O)CC#N)C(C)CC. The van der Waals surface area contributed by atoms with Crippen molar-refractivity contribution < 1.29 is 4.79 Å². The lowest BCUT2D eigenvalue weighted by molar-refractivity contribution is -0.132. The average molecular weight is 182 g/mol. The van der Waals surface area contributed by atoms with Crippen LogP contribution in [0.25, 0.3) is 0 Å². The Kier molecular flexibility index (Phi) is 5.96. The average Bonchev–Trinajstić information content (AvgIpc) is 2.13. The van der Waals surface area contributed by atoms with Crippen LogP contribution in [0.2, 0.25) is 0 Å². The monoisotopic (exact) mass is 182 g/mol. The van der Waals surface area contributed by atoms with Gasteiger partial charge in [0.25, 0.3) is 0 Å². The van der Waals surface area contributed by atoms with Gasteiger partial charge < -0.3 is 4.90 Å². The molecule has 74 valence electrons. The zero-order chi connectivity index (χ0) is 10.3. The lowest BCUT2D eigenvalue weighted by Crippen LogP contribution is -2.38. The summed E-state index contributed by atoms with van der Waals surface area (Å²) in [6, 6.07) is 2.14. The van der Waals surface area contributed by atoms with Gasteiger partial charge in [-0.05, 0) is 19.8 Å². The normalized spacial score (nSPS) is 11.8. The molecule has 0 saturated heterocycles. The van der Waals surface area contributed by atoms with Crippen molar-refractivity contribution in [3.8, 4) is 6.07 Å². The van der Waals surface area contributed by atoms with Crippen molar-refractivity contribution in [2.24, 2.45) is 0 Å². The fraction of sp³-hybridized carbons (Fsp3) is 0.800. The molecule has 0 aromatic rings. The molecule has 13 heavy (non-hydrogen) atoms. The summed E-state index contributed by atoms with van der Waals surface area (Å²) < 4.78 is 0. The van der Waals surface area contributed by atoms with Crippen LogP contribution in [-0.2, 0) is 4.79 Å². The molecule has 0 N–H and O–H groups in total. The summed E-state index contributed by atoms with van der Waals surface area (Å²) in [6.45, 7) is 6.86. The van der Waals surface area contributed by atoms with E-state index in [1.54, 1.807) is 4.90 Å². The maximum Gasteiger partial charge on any atom is 0.237 e. The van der Waals surface area contributed by atoms with Gasteiger partial charge in [-0.15, -0.1) is 0 Å². The standard InChI is InChI=1S/C10H18N2O/c1-4-8-12(9(3)5-2)10(13)6-7-11/h9H,4-6,8H2,1-3H3. The number of carbonyl (C=O) groups is 1. The molecule has 0 aliphatic carbocycles. The number of hydrogen-bond acceptors (Lipinski definition) is 2. The summed E-state index contributed by atoms with van der Waals surface area (Å²) in [6.07, 6.45) is 1.89. The van der Waals surface area contributed by atoms with Gasteiger partial charge in [0.1, 0.15) is 6.42 Å². The molecule has 0 aliphatic heterocycles. The third kappa shape index (κ3) is 3.93. The van der Waals surface area contributed by atoms with E-state index in [9.17, 15) is 4.79 Å². The Labute approximate surface area is 80.3 Å². The first-order chi connectivity index (χ1) is 6.17. The van der Waals surface area contributed by atoms with Crippen LogP contribution >= 0.6 is 0 Å². The van der Waals surface area contributed by atoms with Gasteiger partial charge in [-0.2, -0.15) is 5.26 Å². The zero-order valence-corrected chi connectivity index (χ0v) is 8.71. The highest BCUT2D eigenvalue weighted by Crippen LogP contribution is 2.06. The number of nitrogens with zero attached hydrogens (tertiary/aromatic N) is 2. The second-order valence-electron chi connectivity index (χ2n) is 3.18. The molecule has 3 heteroatoms. The predicted octanol–water partition coefficient (Wildman–Crippen LogP) is 1.94. The number of amides is 1. The third-order valence-electron chi connectivity index (χ3n) is 2.14. The lowest BCUT2D eigenvalue weighted by Gasteiger charge is -2.27. The molecule has 0 spiro atoms. The maximum atomic E-state index is 11.4. The van der Waals surface area contributed by atoms with E-state index < -0.39 is 0 Å². The maximum absolute atomic E-state index is 11.4. The van der Waals surface area contributed by atoms with Crippen molar-refractivity contribution >= 4 is 5.91 Å². The van der Waals surface area contributed by atoms with E-state index in [1.807, 2.05) is 26.8 Å². The molecule has 0 heterocycles. The molecule has 0 aromatic carbocycles. The van der Waals surface area contributed by atoms with E-state index in [1.165, 1.54) is 0 Å². The minimum absolute atomic E-state index is 0.00431. The molecule has 0 aromatic heterocycles. The second kappa shape index (κ2) is 6.47. The van der Waals surface area contributed by atoms with Crippen LogP contribution in [0.15, 0.2) is 0 Å². The molecule has 1 atom stereocenters. The first-order valence-corrected chi connectivity index (χ1v) is 4.83. The van der Waals surface area contributed by atoms with E-state index in [-0.39, 0.29) is 18.4 Å². The molecule has 0 aliphatic rings. The summed E-state index contributed by atoms with van der Waals surface area (Å²) in [5.41, 5.74) is 0. The highest BCUT2D eigenvalue weighted by atomic mass is 16.2. The van der Waals surface area contributed by atoms with E-state index in [0.29, 0.717) is 0 Å². The van der Waals surface area contributed by atoms with Crippen LogP contribution in [0.3, 0.4) is 0 Å². The van der Waals surface area contributed by atoms with Crippen molar-refractivity contribution in [1.29, 1.82) is 5.26 Å². The quantitative estimate of drug-likeness (QED) is 0.652. The van der Waals surface area contributed by atoms with Crippen molar-refractivity contribution in [2.75, 3.05) is 6.54 Å². The van der Waals surface area contributed by atoms with Crippen LogP contribution in [0, 0.1) is 11.3 Å². The van der Waals surface area contributed by atoms with Gasteiger partial charge >= 0.3 is 0 Å². The number of carbonyl (C=O) groups excluding carboxylic acids is 1. The Morgan fingerprint density at radius 3 is 2.54 bits per heavy atom. The Morgan fingerprint density at radius 1 is 1.54 bits per heavy atom. The van der Waals surface area contributed by atoms with Crippen molar-refractivity contribution in [1.82, 2.24) is 4.90 Å². The third-order valence-corrected chi connectivity index (χ3v) is 2.14. The highest BCUT2D eigenvalue weighted by Gasteiger charge is 2.16. The van der Waals surface area contributed by atoms with E-state index in [0.717, 1.165) is 19.4 Å². The van der Waals surface area contributed by atoms with Crippen LogP contribution < -0.4 is 0 Å². The first-order valence-electron chi connectivity index (χ1n) is 4.83. The smallest absolute Gasteiger partial charge is 0.237 e. The van der Waals surface area contributed by atoms with E-state index in [2.05, 4.69) is 0 Å². The zero-order valence-electron chi connectivity index (χ0n) is 8.71. The van der Waals surface area contributed by atoms with Crippen LogP contribution in [0.1, 0.15) is 40.0 Å². The lowest BCUT2D eigenvalue weighted by atomic mass is 10.2.